The molecule has 0 saturated carbocycles. The fourth-order valence-corrected chi connectivity index (χ4v) is 6.00. The molecule has 0 radical (unpaired) electrons. The van der Waals surface area contributed by atoms with Gasteiger partial charge in [0.15, 0.2) is 18.9 Å². The van der Waals surface area contributed by atoms with Crippen LogP contribution in [0.5, 0.6) is 0 Å². The summed E-state index contributed by atoms with van der Waals surface area (Å²) in [6.07, 6.45) is -32.6. The molecule has 0 amide bonds. The van der Waals surface area contributed by atoms with E-state index in [1.165, 1.54) is 0 Å². The van der Waals surface area contributed by atoms with Crippen LogP contribution >= 0.6 is 0 Å². The van der Waals surface area contributed by atoms with Crippen molar-refractivity contribution in [2.45, 2.75) is 136 Å². The summed E-state index contributed by atoms with van der Waals surface area (Å²) < 4.78 is 39.6. The number of rotatable bonds is 11. The normalized spacial score (nSPS) is 51.3. The Bertz CT molecular complexity index is 959. The van der Waals surface area contributed by atoms with E-state index >= 15 is 0 Å². The minimum Gasteiger partial charge on any atom is -0.394 e. The maximum Gasteiger partial charge on any atom is 0.187 e. The molecule has 0 aromatic carbocycles. The van der Waals surface area contributed by atoms with Crippen molar-refractivity contribution in [1.29, 1.82) is 0 Å². The van der Waals surface area contributed by atoms with Crippen LogP contribution < -0.4 is 0 Å². The lowest BCUT2D eigenvalue weighted by atomic mass is 9.88. The Morgan fingerprint density at radius 1 is 0.447 bits per heavy atom. The minimum atomic E-state index is -1.93. The van der Waals surface area contributed by atoms with Gasteiger partial charge in [0.1, 0.15) is 97.7 Å². The van der Waals surface area contributed by atoms with E-state index in [0.717, 1.165) is 0 Å². The van der Waals surface area contributed by atoms with E-state index in [4.69, 9.17) is 33.2 Å². The molecule has 4 saturated heterocycles. The number of hydrogen-bond donors (Lipinski definition) is 13. The fourth-order valence-electron chi connectivity index (χ4n) is 6.00. The van der Waals surface area contributed by atoms with Crippen LogP contribution in [0.3, 0.4) is 0 Å². The standard InChI is InChI=1S/C27H48O20/c1-7(2)22-24(23(15(34)10(5-30)42-22)46-26-20(39)17(36)13(32)9(4-29)44-26)47-27-21(40)18(37)14(33)11(45-27)6-41-25-19(38)16(35)12(31)8(3-28)43-25/h7-40H,3-6H2,1-2H3/t8-,9-,10-,11-,12-,13-,14-,15-,16+,17+,18+,19-,20-,21-,22+,23+,24+,25-,26+,27+/m1/s1. The zero-order chi connectivity index (χ0) is 34.9. The molecule has 20 nitrogen and oxygen atoms in total. The van der Waals surface area contributed by atoms with Crippen LogP contribution in [-0.4, -0.2) is 215 Å². The topological polar surface area (TPSA) is 328 Å². The molecule has 4 aliphatic heterocycles. The SMILES string of the molecule is CC(C)[C@@H]1O[C@H](CO)[C@@H](O)[C@H](O[C@@H]2O[C@H](CO)[C@@H](O)[C@H](O)[C@H]2O)[C@H]1O[C@@H]1O[C@H](CO[C@@H]2O[C@H](CO)[C@@H](O)[C@H](O)[C@H]2O)[C@@H](O)[C@H](O)[C@H]1O. The first-order valence-electron chi connectivity index (χ1n) is 15.3. The van der Waals surface area contributed by atoms with Crippen molar-refractivity contribution < 1.29 is 99.5 Å². The lowest BCUT2D eigenvalue weighted by Gasteiger charge is -2.50. The fraction of sp³-hybridized carbons (Fsp3) is 1.00. The molecule has 20 atom stereocenters. The first-order chi connectivity index (χ1) is 22.2. The summed E-state index contributed by atoms with van der Waals surface area (Å²) in [5.41, 5.74) is 0. The summed E-state index contributed by atoms with van der Waals surface area (Å²) in [6.45, 7) is 0.518. The third kappa shape index (κ3) is 8.08. The van der Waals surface area contributed by atoms with Crippen molar-refractivity contribution in [3.63, 3.8) is 0 Å². The smallest absolute Gasteiger partial charge is 0.187 e. The minimum absolute atomic E-state index is 0.441. The number of hydrogen-bond acceptors (Lipinski definition) is 20. The summed E-state index contributed by atoms with van der Waals surface area (Å²) in [4.78, 5) is 0. The monoisotopic (exact) mass is 692 g/mol. The molecule has 4 aliphatic rings. The molecule has 4 rings (SSSR count). The molecule has 20 heteroatoms. The largest absolute Gasteiger partial charge is 0.394 e. The Balaban J connectivity index is 1.55. The Labute approximate surface area is 268 Å². The van der Waals surface area contributed by atoms with Crippen molar-refractivity contribution in [2.75, 3.05) is 26.4 Å². The summed E-state index contributed by atoms with van der Waals surface area (Å²) in [5.74, 6) is -0.441. The average Bonchev–Trinajstić information content (AvgIpc) is 3.05. The summed E-state index contributed by atoms with van der Waals surface area (Å²) in [5, 5.41) is 133. The third-order valence-corrected chi connectivity index (χ3v) is 8.91. The van der Waals surface area contributed by atoms with E-state index in [1.807, 2.05) is 0 Å². The molecule has 4 heterocycles. The van der Waals surface area contributed by atoms with Crippen molar-refractivity contribution >= 4 is 0 Å². The molecule has 0 aromatic heterocycles. The van der Waals surface area contributed by atoms with E-state index in [0.29, 0.717) is 0 Å². The molecular weight excluding hydrogens is 644 g/mol. The van der Waals surface area contributed by atoms with Crippen LogP contribution in [0.2, 0.25) is 0 Å². The number of aliphatic hydroxyl groups excluding tert-OH is 13. The van der Waals surface area contributed by atoms with Gasteiger partial charge in [-0.3, -0.25) is 0 Å². The van der Waals surface area contributed by atoms with E-state index in [-0.39, 0.29) is 0 Å². The first-order valence-corrected chi connectivity index (χ1v) is 15.3. The second-order valence-corrected chi connectivity index (χ2v) is 12.5. The predicted molar refractivity (Wildman–Crippen MR) is 147 cm³/mol. The van der Waals surface area contributed by atoms with E-state index in [9.17, 15) is 66.4 Å². The highest BCUT2D eigenvalue weighted by molar-refractivity contribution is 4.99. The highest BCUT2D eigenvalue weighted by Crippen LogP contribution is 2.35. The van der Waals surface area contributed by atoms with E-state index < -0.39 is 155 Å². The van der Waals surface area contributed by atoms with Gasteiger partial charge in [-0.2, -0.15) is 0 Å². The number of aliphatic hydroxyl groups is 13. The van der Waals surface area contributed by atoms with Crippen LogP contribution in [-0.2, 0) is 33.2 Å². The molecule has 47 heavy (non-hydrogen) atoms. The highest BCUT2D eigenvalue weighted by atomic mass is 16.8. The van der Waals surface area contributed by atoms with Gasteiger partial charge < -0.3 is 99.5 Å². The maximum atomic E-state index is 11.1. The van der Waals surface area contributed by atoms with Gasteiger partial charge in [0.25, 0.3) is 0 Å². The van der Waals surface area contributed by atoms with Crippen LogP contribution in [0.15, 0.2) is 0 Å². The van der Waals surface area contributed by atoms with Crippen LogP contribution in [0, 0.1) is 5.92 Å². The van der Waals surface area contributed by atoms with Gasteiger partial charge in [-0.05, 0) is 5.92 Å². The van der Waals surface area contributed by atoms with Crippen molar-refractivity contribution in [3.8, 4) is 0 Å². The van der Waals surface area contributed by atoms with Crippen LogP contribution in [0.25, 0.3) is 0 Å². The Kier molecular flexibility index (Phi) is 13.7. The van der Waals surface area contributed by atoms with Crippen molar-refractivity contribution in [3.05, 3.63) is 0 Å². The average molecular weight is 693 g/mol. The van der Waals surface area contributed by atoms with Gasteiger partial charge in [-0.25, -0.2) is 0 Å². The molecule has 276 valence electrons. The van der Waals surface area contributed by atoms with Gasteiger partial charge in [0.05, 0.1) is 32.5 Å². The third-order valence-electron chi connectivity index (χ3n) is 8.91. The van der Waals surface area contributed by atoms with Gasteiger partial charge in [0, 0.05) is 0 Å². The second kappa shape index (κ2) is 16.5. The van der Waals surface area contributed by atoms with E-state index in [1.54, 1.807) is 13.8 Å². The highest BCUT2D eigenvalue weighted by Gasteiger charge is 2.55. The van der Waals surface area contributed by atoms with Crippen molar-refractivity contribution in [1.82, 2.24) is 0 Å². The Hall–Kier alpha value is -0.800. The number of ether oxygens (including phenoxy) is 7. The molecular formula is C27H48O20. The summed E-state index contributed by atoms with van der Waals surface area (Å²) >= 11 is 0. The molecule has 0 unspecified atom stereocenters. The van der Waals surface area contributed by atoms with E-state index in [2.05, 4.69) is 0 Å². The van der Waals surface area contributed by atoms with Crippen LogP contribution in [0.1, 0.15) is 13.8 Å². The van der Waals surface area contributed by atoms with Crippen molar-refractivity contribution in [2.24, 2.45) is 5.92 Å². The molecule has 4 fully saturated rings. The van der Waals surface area contributed by atoms with Gasteiger partial charge >= 0.3 is 0 Å². The van der Waals surface area contributed by atoms with Gasteiger partial charge in [0.2, 0.25) is 0 Å². The zero-order valence-electron chi connectivity index (χ0n) is 25.6. The first kappa shape index (κ1) is 39.0. The van der Waals surface area contributed by atoms with Crippen LogP contribution in [0.4, 0.5) is 0 Å². The molecule has 13 N–H and O–H groups in total. The summed E-state index contributed by atoms with van der Waals surface area (Å²) in [6, 6.07) is 0. The second-order valence-electron chi connectivity index (χ2n) is 12.5. The molecule has 0 aromatic rings. The Morgan fingerprint density at radius 3 is 1.30 bits per heavy atom. The van der Waals surface area contributed by atoms with Gasteiger partial charge in [-0.1, -0.05) is 13.8 Å². The summed E-state index contributed by atoms with van der Waals surface area (Å²) in [7, 11) is 0. The molecule has 0 spiro atoms. The quantitative estimate of drug-likeness (QED) is 0.0956. The lowest BCUT2D eigenvalue weighted by Crippen LogP contribution is -2.67. The maximum absolute atomic E-state index is 11.1. The lowest BCUT2D eigenvalue weighted by molar-refractivity contribution is -0.376. The zero-order valence-corrected chi connectivity index (χ0v) is 25.6. The predicted octanol–water partition coefficient (Wildman–Crippen LogP) is -8.04. The van der Waals surface area contributed by atoms with Gasteiger partial charge in [-0.15, -0.1) is 0 Å². The molecule has 0 bridgehead atoms. The molecule has 0 aliphatic carbocycles. The Morgan fingerprint density at radius 2 is 0.830 bits per heavy atom.